The number of aromatic nitrogens is 2. The van der Waals surface area contributed by atoms with Gasteiger partial charge in [0.15, 0.2) is 5.82 Å². The lowest BCUT2D eigenvalue weighted by atomic mass is 10.1. The zero-order valence-electron chi connectivity index (χ0n) is 15.9. The van der Waals surface area contributed by atoms with E-state index in [9.17, 15) is 13.6 Å². The predicted octanol–water partition coefficient (Wildman–Crippen LogP) is 2.17. The van der Waals surface area contributed by atoms with Crippen molar-refractivity contribution in [3.63, 3.8) is 0 Å². The van der Waals surface area contributed by atoms with Gasteiger partial charge in [-0.15, -0.1) is 0 Å². The summed E-state index contributed by atoms with van der Waals surface area (Å²) in [5, 5.41) is 3.39. The molecule has 7 nitrogen and oxygen atoms in total. The number of halogens is 3. The van der Waals surface area contributed by atoms with Crippen LogP contribution >= 0.6 is 11.6 Å². The van der Waals surface area contributed by atoms with E-state index >= 15 is 0 Å². The number of amides is 1. The maximum Gasteiger partial charge on any atom is 0.258 e. The van der Waals surface area contributed by atoms with Gasteiger partial charge in [0.25, 0.3) is 5.91 Å². The predicted molar refractivity (Wildman–Crippen MR) is 107 cm³/mol. The molecule has 158 valence electrons. The largest absolute Gasteiger partial charge is 0.491 e. The molecule has 0 radical (unpaired) electrons. The highest BCUT2D eigenvalue weighted by Gasteiger charge is 2.30. The number of nitrogens with two attached hydrogens (primary N) is 1. The van der Waals surface area contributed by atoms with Crippen LogP contribution in [-0.2, 0) is 0 Å². The second kappa shape index (κ2) is 8.53. The third-order valence-corrected chi connectivity index (χ3v) is 5.25. The molecular weight excluding hydrogens is 416 g/mol. The summed E-state index contributed by atoms with van der Waals surface area (Å²) in [5.41, 5.74) is 7.42. The fourth-order valence-electron chi connectivity index (χ4n) is 3.53. The molecule has 1 aromatic carbocycles. The van der Waals surface area contributed by atoms with E-state index in [1.807, 2.05) is 0 Å². The summed E-state index contributed by atoms with van der Waals surface area (Å²) in [4.78, 5) is 22.9. The Balaban J connectivity index is 1.49. The first-order chi connectivity index (χ1) is 14.4. The van der Waals surface area contributed by atoms with Crippen LogP contribution in [0.1, 0.15) is 22.6 Å². The zero-order chi connectivity index (χ0) is 21.3. The van der Waals surface area contributed by atoms with E-state index in [2.05, 4.69) is 15.3 Å². The van der Waals surface area contributed by atoms with Gasteiger partial charge in [-0.2, -0.15) is 0 Å². The fourth-order valence-corrected chi connectivity index (χ4v) is 3.62. The topological polar surface area (TPSA) is 93.4 Å². The van der Waals surface area contributed by atoms with E-state index in [1.165, 1.54) is 29.4 Å². The van der Waals surface area contributed by atoms with Crippen LogP contribution < -0.4 is 15.8 Å². The quantitative estimate of drug-likeness (QED) is 0.747. The van der Waals surface area contributed by atoms with Crippen LogP contribution in [0.25, 0.3) is 5.57 Å². The second-order valence-electron chi connectivity index (χ2n) is 7.28. The Morgan fingerprint density at radius 2 is 2.10 bits per heavy atom. The van der Waals surface area contributed by atoms with Crippen LogP contribution in [0.15, 0.2) is 36.3 Å². The molecule has 0 aliphatic carbocycles. The SMILES string of the molecule is NC1=C(c2ncc(Cl)cn2)CN(C(=O)c2ccc(F)cc2OCC2CC(F)CN2)C1. The highest BCUT2D eigenvalue weighted by molar-refractivity contribution is 6.30. The minimum atomic E-state index is -0.931. The summed E-state index contributed by atoms with van der Waals surface area (Å²) < 4.78 is 32.8. The van der Waals surface area contributed by atoms with Crippen molar-refractivity contribution in [2.75, 3.05) is 26.2 Å². The van der Waals surface area contributed by atoms with Crippen LogP contribution in [0.4, 0.5) is 8.78 Å². The number of ether oxygens (including phenoxy) is 1. The Morgan fingerprint density at radius 3 is 2.80 bits per heavy atom. The van der Waals surface area contributed by atoms with Crippen molar-refractivity contribution in [2.45, 2.75) is 18.6 Å². The molecule has 2 aromatic rings. The molecule has 0 saturated carbocycles. The van der Waals surface area contributed by atoms with Gasteiger partial charge in [0, 0.05) is 42.3 Å². The molecule has 4 rings (SSSR count). The zero-order valence-corrected chi connectivity index (χ0v) is 16.7. The van der Waals surface area contributed by atoms with Crippen LogP contribution in [0.2, 0.25) is 5.02 Å². The number of hydrogen-bond donors (Lipinski definition) is 2. The molecule has 1 saturated heterocycles. The van der Waals surface area contributed by atoms with E-state index in [0.29, 0.717) is 28.5 Å². The molecule has 10 heteroatoms. The second-order valence-corrected chi connectivity index (χ2v) is 7.72. The van der Waals surface area contributed by atoms with Gasteiger partial charge >= 0.3 is 0 Å². The Hall–Kier alpha value is -2.78. The molecule has 1 amide bonds. The third kappa shape index (κ3) is 4.36. The van der Waals surface area contributed by atoms with Crippen molar-refractivity contribution in [1.82, 2.24) is 20.2 Å². The minimum Gasteiger partial charge on any atom is -0.491 e. The van der Waals surface area contributed by atoms with Gasteiger partial charge in [0.2, 0.25) is 0 Å². The molecule has 0 spiro atoms. The maximum absolute atomic E-state index is 13.8. The molecule has 2 aliphatic heterocycles. The number of nitrogens with zero attached hydrogens (tertiary/aromatic N) is 3. The molecule has 3 N–H and O–H groups in total. The Kier molecular flexibility index (Phi) is 5.83. The molecular formula is C20H20ClF2N5O2. The van der Waals surface area contributed by atoms with Crippen molar-refractivity contribution in [3.05, 3.63) is 58.5 Å². The van der Waals surface area contributed by atoms with Gasteiger partial charge in [-0.25, -0.2) is 18.7 Å². The number of carbonyl (C=O) groups is 1. The summed E-state index contributed by atoms with van der Waals surface area (Å²) >= 11 is 5.82. The number of alkyl halides is 1. The number of rotatable bonds is 5. The van der Waals surface area contributed by atoms with Crippen molar-refractivity contribution < 1.29 is 18.3 Å². The molecule has 30 heavy (non-hydrogen) atoms. The summed E-state index contributed by atoms with van der Waals surface area (Å²) in [5.74, 6) is -0.381. The van der Waals surface area contributed by atoms with E-state index in [4.69, 9.17) is 22.1 Å². The Bertz CT molecular complexity index is 986. The number of hydrogen-bond acceptors (Lipinski definition) is 6. The molecule has 0 bridgehead atoms. The first-order valence-electron chi connectivity index (χ1n) is 9.45. The van der Waals surface area contributed by atoms with Crippen LogP contribution in [0.3, 0.4) is 0 Å². The smallest absolute Gasteiger partial charge is 0.258 e. The van der Waals surface area contributed by atoms with Crippen molar-refractivity contribution >= 4 is 23.1 Å². The maximum atomic E-state index is 13.8. The van der Waals surface area contributed by atoms with Crippen molar-refractivity contribution in [1.29, 1.82) is 0 Å². The highest BCUT2D eigenvalue weighted by atomic mass is 35.5. The Morgan fingerprint density at radius 1 is 1.33 bits per heavy atom. The van der Waals surface area contributed by atoms with Crippen LogP contribution in [0.5, 0.6) is 5.75 Å². The van der Waals surface area contributed by atoms with E-state index in [0.717, 1.165) is 6.07 Å². The lowest BCUT2D eigenvalue weighted by molar-refractivity contribution is 0.0794. The molecule has 1 aromatic heterocycles. The number of nitrogens with one attached hydrogen (secondary N) is 1. The molecule has 2 unspecified atom stereocenters. The van der Waals surface area contributed by atoms with Crippen molar-refractivity contribution in [2.24, 2.45) is 5.73 Å². The molecule has 3 heterocycles. The normalized spacial score (nSPS) is 21.4. The van der Waals surface area contributed by atoms with Gasteiger partial charge in [-0.05, 0) is 18.6 Å². The van der Waals surface area contributed by atoms with E-state index in [1.54, 1.807) is 0 Å². The number of benzene rings is 1. The van der Waals surface area contributed by atoms with Crippen LogP contribution in [-0.4, -0.2) is 59.2 Å². The highest BCUT2D eigenvalue weighted by Crippen LogP contribution is 2.27. The van der Waals surface area contributed by atoms with Gasteiger partial charge in [-0.3, -0.25) is 4.79 Å². The summed E-state index contributed by atoms with van der Waals surface area (Å²) in [6, 6.07) is 3.54. The standard InChI is InChI=1S/C20H20ClF2N5O2/c21-11-5-26-19(27-6-11)16-8-28(9-17(16)24)20(29)15-2-1-12(22)4-18(15)30-10-14-3-13(23)7-25-14/h1-2,4-6,13-14,25H,3,7-10,24H2. The molecule has 2 atom stereocenters. The lowest BCUT2D eigenvalue weighted by Crippen LogP contribution is -2.32. The summed E-state index contributed by atoms with van der Waals surface area (Å²) in [7, 11) is 0. The molecule has 1 fully saturated rings. The van der Waals surface area contributed by atoms with Gasteiger partial charge < -0.3 is 20.7 Å². The fraction of sp³-hybridized carbons (Fsp3) is 0.350. The first kappa shape index (κ1) is 20.5. The summed E-state index contributed by atoms with van der Waals surface area (Å²) in [6.07, 6.45) is 2.30. The Labute approximate surface area is 176 Å². The van der Waals surface area contributed by atoms with Gasteiger partial charge in [-0.1, -0.05) is 11.6 Å². The van der Waals surface area contributed by atoms with Gasteiger partial charge in [0.1, 0.15) is 24.3 Å². The van der Waals surface area contributed by atoms with E-state index < -0.39 is 12.0 Å². The summed E-state index contributed by atoms with van der Waals surface area (Å²) in [6.45, 7) is 0.785. The lowest BCUT2D eigenvalue weighted by Gasteiger charge is -2.20. The average molecular weight is 436 g/mol. The molecule has 2 aliphatic rings. The van der Waals surface area contributed by atoms with E-state index in [-0.39, 0.29) is 49.5 Å². The average Bonchev–Trinajstić information content (AvgIpc) is 3.32. The third-order valence-electron chi connectivity index (χ3n) is 5.06. The first-order valence-corrected chi connectivity index (χ1v) is 9.83. The monoisotopic (exact) mass is 435 g/mol. The number of carbonyl (C=O) groups excluding carboxylic acids is 1. The minimum absolute atomic E-state index is 0.110. The van der Waals surface area contributed by atoms with Gasteiger partial charge in [0.05, 0.1) is 23.7 Å². The van der Waals surface area contributed by atoms with Crippen LogP contribution in [0, 0.1) is 5.82 Å². The van der Waals surface area contributed by atoms with Crippen molar-refractivity contribution in [3.8, 4) is 5.75 Å².